The Morgan fingerprint density at radius 2 is 1.02 bits per heavy atom. The van der Waals surface area contributed by atoms with E-state index in [0.29, 0.717) is 23.0 Å². The molecule has 2 aromatic carbocycles. The highest BCUT2D eigenvalue weighted by atomic mass is 16.6. The fraction of sp³-hybridized carbons (Fsp3) is 0.517. The van der Waals surface area contributed by atoms with Crippen molar-refractivity contribution in [3.05, 3.63) is 79.9 Å². The molecule has 0 spiro atoms. The molecule has 2 aliphatic rings. The van der Waals surface area contributed by atoms with Gasteiger partial charge in [0, 0.05) is 24.2 Å². The summed E-state index contributed by atoms with van der Waals surface area (Å²) >= 11 is 0. The maximum Gasteiger partial charge on any atom is 0.407 e. The zero-order chi connectivity index (χ0) is 29.2. The van der Waals surface area contributed by atoms with Gasteiger partial charge in [-0.1, -0.05) is 24.3 Å². The minimum Gasteiger partial charge on any atom is -0.444 e. The van der Waals surface area contributed by atoms with E-state index in [0.717, 1.165) is 57.8 Å². The van der Waals surface area contributed by atoms with Crippen LogP contribution in [0.15, 0.2) is 48.5 Å². The Hall–Kier alpha value is -4.22. The first kappa shape index (κ1) is 29.8. The Morgan fingerprint density at radius 3 is 1.39 bits per heavy atom. The maximum absolute atomic E-state index is 12.3. The SMILES string of the molecule is O=C(NC1CCC(CC2CCC(NC(=O)OCc3ccccc3[N+](=O)[O-])CC2)CC1)OCc1ccccc1[N+](=O)[O-]. The molecule has 0 saturated heterocycles. The van der Waals surface area contributed by atoms with E-state index in [-0.39, 0.29) is 36.7 Å². The van der Waals surface area contributed by atoms with E-state index >= 15 is 0 Å². The van der Waals surface area contributed by atoms with Crippen molar-refractivity contribution in [1.29, 1.82) is 0 Å². The number of nitro groups is 2. The molecule has 41 heavy (non-hydrogen) atoms. The van der Waals surface area contributed by atoms with Crippen LogP contribution >= 0.6 is 0 Å². The fourth-order valence-electron chi connectivity index (χ4n) is 5.88. The summed E-state index contributed by atoms with van der Waals surface area (Å²) in [6.45, 7) is -0.299. The normalized spacial score (nSPS) is 22.2. The zero-order valence-corrected chi connectivity index (χ0v) is 22.9. The molecule has 2 aromatic rings. The highest BCUT2D eigenvalue weighted by molar-refractivity contribution is 5.68. The van der Waals surface area contributed by atoms with Crippen LogP contribution in [-0.4, -0.2) is 34.1 Å². The van der Waals surface area contributed by atoms with Gasteiger partial charge < -0.3 is 20.1 Å². The number of alkyl carbamates (subject to hydrolysis) is 2. The number of benzene rings is 2. The quantitative estimate of drug-likeness (QED) is 0.254. The molecular formula is C29H36N4O8. The Labute approximate surface area is 238 Å². The molecular weight excluding hydrogens is 532 g/mol. The summed E-state index contributed by atoms with van der Waals surface area (Å²) in [6.07, 6.45) is 7.56. The Balaban J connectivity index is 1.09. The van der Waals surface area contributed by atoms with Crippen LogP contribution in [0, 0.1) is 32.1 Å². The summed E-state index contributed by atoms with van der Waals surface area (Å²) in [6, 6.07) is 12.5. The van der Waals surface area contributed by atoms with Crippen LogP contribution < -0.4 is 10.6 Å². The number of hydrogen-bond donors (Lipinski definition) is 2. The number of hydrogen-bond acceptors (Lipinski definition) is 8. The molecule has 4 rings (SSSR count). The number of ether oxygens (including phenoxy) is 2. The summed E-state index contributed by atoms with van der Waals surface area (Å²) in [5.41, 5.74) is 0.581. The smallest absolute Gasteiger partial charge is 0.407 e. The molecule has 2 saturated carbocycles. The summed E-state index contributed by atoms with van der Waals surface area (Å²) in [4.78, 5) is 45.8. The molecule has 220 valence electrons. The third kappa shape index (κ3) is 8.89. The van der Waals surface area contributed by atoms with E-state index in [2.05, 4.69) is 10.6 Å². The number of nitro benzene ring substituents is 2. The van der Waals surface area contributed by atoms with Gasteiger partial charge in [-0.25, -0.2) is 9.59 Å². The number of amides is 2. The first-order chi connectivity index (χ1) is 19.8. The molecule has 2 amide bonds. The number of nitrogens with one attached hydrogen (secondary N) is 2. The average molecular weight is 569 g/mol. The summed E-state index contributed by atoms with van der Waals surface area (Å²) in [5, 5.41) is 28.0. The molecule has 2 aliphatic carbocycles. The highest BCUT2D eigenvalue weighted by Gasteiger charge is 2.28. The predicted octanol–water partition coefficient (Wildman–Crippen LogP) is 6.16. The molecule has 0 heterocycles. The van der Waals surface area contributed by atoms with Crippen molar-refractivity contribution in [3.63, 3.8) is 0 Å². The van der Waals surface area contributed by atoms with Crippen molar-refractivity contribution < 1.29 is 28.9 Å². The van der Waals surface area contributed by atoms with E-state index < -0.39 is 22.0 Å². The van der Waals surface area contributed by atoms with Crippen molar-refractivity contribution in [2.45, 2.75) is 83.1 Å². The van der Waals surface area contributed by atoms with Crippen LogP contribution in [0.4, 0.5) is 21.0 Å². The summed E-state index contributed by atoms with van der Waals surface area (Å²) in [5.74, 6) is 1.19. The summed E-state index contributed by atoms with van der Waals surface area (Å²) < 4.78 is 10.5. The van der Waals surface area contributed by atoms with Gasteiger partial charge in [0.1, 0.15) is 13.2 Å². The van der Waals surface area contributed by atoms with Gasteiger partial charge in [0.15, 0.2) is 0 Å². The Kier molecular flexibility index (Phi) is 10.5. The third-order valence-electron chi connectivity index (χ3n) is 8.10. The van der Waals surface area contributed by atoms with Gasteiger partial charge in [0.25, 0.3) is 11.4 Å². The molecule has 0 aromatic heterocycles. The van der Waals surface area contributed by atoms with Crippen molar-refractivity contribution >= 4 is 23.6 Å². The minimum atomic E-state index is -0.557. The number of carbonyl (C=O) groups is 2. The number of para-hydroxylation sites is 2. The van der Waals surface area contributed by atoms with Gasteiger partial charge >= 0.3 is 12.2 Å². The Morgan fingerprint density at radius 1 is 0.659 bits per heavy atom. The van der Waals surface area contributed by atoms with Crippen LogP contribution in [0.2, 0.25) is 0 Å². The molecule has 0 bridgehead atoms. The van der Waals surface area contributed by atoms with Gasteiger partial charge in [0.05, 0.1) is 21.0 Å². The van der Waals surface area contributed by atoms with E-state index in [1.807, 2.05) is 0 Å². The van der Waals surface area contributed by atoms with E-state index in [9.17, 15) is 29.8 Å². The van der Waals surface area contributed by atoms with Gasteiger partial charge in [-0.3, -0.25) is 20.2 Å². The standard InChI is InChI=1S/C29H36N4O8/c34-28(40-18-22-5-1-3-7-26(22)32(36)37)30-24-13-9-20(10-14-24)17-21-11-15-25(16-12-21)31-29(35)41-19-23-6-2-4-8-27(23)33(38)39/h1-8,20-21,24-25H,9-19H2,(H,30,34)(H,31,35). The van der Waals surface area contributed by atoms with Crippen LogP contribution in [0.5, 0.6) is 0 Å². The van der Waals surface area contributed by atoms with Crippen molar-refractivity contribution in [2.75, 3.05) is 0 Å². The van der Waals surface area contributed by atoms with Gasteiger partial charge in [-0.05, 0) is 81.8 Å². The maximum atomic E-state index is 12.3. The van der Waals surface area contributed by atoms with Crippen LogP contribution in [-0.2, 0) is 22.7 Å². The Bertz CT molecular complexity index is 1130. The first-order valence-corrected chi connectivity index (χ1v) is 14.1. The van der Waals surface area contributed by atoms with Crippen molar-refractivity contribution in [1.82, 2.24) is 10.6 Å². The van der Waals surface area contributed by atoms with E-state index in [1.54, 1.807) is 36.4 Å². The number of nitrogens with zero attached hydrogens (tertiary/aromatic N) is 2. The van der Waals surface area contributed by atoms with Crippen LogP contribution in [0.25, 0.3) is 0 Å². The summed E-state index contributed by atoms with van der Waals surface area (Å²) in [7, 11) is 0. The largest absolute Gasteiger partial charge is 0.444 e. The third-order valence-corrected chi connectivity index (χ3v) is 8.10. The lowest BCUT2D eigenvalue weighted by Crippen LogP contribution is -2.39. The highest BCUT2D eigenvalue weighted by Crippen LogP contribution is 2.35. The molecule has 0 unspecified atom stereocenters. The number of carbonyl (C=O) groups excluding carboxylic acids is 2. The van der Waals surface area contributed by atoms with Crippen molar-refractivity contribution in [2.24, 2.45) is 11.8 Å². The first-order valence-electron chi connectivity index (χ1n) is 14.1. The van der Waals surface area contributed by atoms with Gasteiger partial charge in [0.2, 0.25) is 0 Å². The van der Waals surface area contributed by atoms with Crippen molar-refractivity contribution in [3.8, 4) is 0 Å². The minimum absolute atomic E-state index is 0.0350. The lowest BCUT2D eigenvalue weighted by Gasteiger charge is -2.34. The predicted molar refractivity (Wildman–Crippen MR) is 149 cm³/mol. The van der Waals surface area contributed by atoms with Gasteiger partial charge in [-0.2, -0.15) is 0 Å². The van der Waals surface area contributed by atoms with Crippen LogP contribution in [0.1, 0.15) is 68.9 Å². The zero-order valence-electron chi connectivity index (χ0n) is 22.9. The topological polar surface area (TPSA) is 163 Å². The molecule has 0 aliphatic heterocycles. The molecule has 2 fully saturated rings. The molecule has 12 heteroatoms. The second-order valence-electron chi connectivity index (χ2n) is 10.9. The lowest BCUT2D eigenvalue weighted by molar-refractivity contribution is -0.386. The van der Waals surface area contributed by atoms with E-state index in [4.69, 9.17) is 9.47 Å². The van der Waals surface area contributed by atoms with Gasteiger partial charge in [-0.15, -0.1) is 0 Å². The number of rotatable bonds is 10. The molecule has 2 N–H and O–H groups in total. The lowest BCUT2D eigenvalue weighted by atomic mass is 9.76. The van der Waals surface area contributed by atoms with Crippen LogP contribution in [0.3, 0.4) is 0 Å². The fourth-order valence-corrected chi connectivity index (χ4v) is 5.88. The molecule has 0 radical (unpaired) electrons. The molecule has 0 atom stereocenters. The van der Waals surface area contributed by atoms with E-state index in [1.165, 1.54) is 12.1 Å². The average Bonchev–Trinajstić information content (AvgIpc) is 2.97. The second-order valence-corrected chi connectivity index (χ2v) is 10.9. The molecule has 12 nitrogen and oxygen atoms in total. The monoisotopic (exact) mass is 568 g/mol. The second kappa shape index (κ2) is 14.4.